The number of benzene rings is 1. The fraction of sp³-hybridized carbons (Fsp3) is 0.474. The fourth-order valence-electron chi connectivity index (χ4n) is 2.88. The molecule has 2 aromatic rings. The molecule has 1 heterocycles. The van der Waals surface area contributed by atoms with Gasteiger partial charge in [0.2, 0.25) is 0 Å². The van der Waals surface area contributed by atoms with Gasteiger partial charge in [-0.1, -0.05) is 25.1 Å². The Morgan fingerprint density at radius 3 is 2.64 bits per heavy atom. The van der Waals surface area contributed by atoms with E-state index in [0.29, 0.717) is 25.1 Å². The second-order valence-corrected chi connectivity index (χ2v) is 6.67. The van der Waals surface area contributed by atoms with Crippen LogP contribution in [0.3, 0.4) is 0 Å². The van der Waals surface area contributed by atoms with Gasteiger partial charge in [0.25, 0.3) is 0 Å². The van der Waals surface area contributed by atoms with Crippen molar-refractivity contribution in [3.8, 4) is 0 Å². The number of rotatable bonds is 6. The Hall–Kier alpha value is -1.78. The zero-order chi connectivity index (χ0) is 20.0. The Bertz CT molecular complexity index is 773. The van der Waals surface area contributed by atoms with Crippen LogP contribution in [0.25, 0.3) is 0 Å². The maximum atomic E-state index is 12.9. The molecule has 0 spiro atoms. The maximum Gasteiger partial charge on any atom is 0.416 e. The maximum absolute atomic E-state index is 12.9. The van der Waals surface area contributed by atoms with Crippen molar-refractivity contribution in [2.75, 3.05) is 20.6 Å². The van der Waals surface area contributed by atoms with Crippen molar-refractivity contribution in [1.29, 1.82) is 0 Å². The Morgan fingerprint density at radius 2 is 2.07 bits per heavy atom. The van der Waals surface area contributed by atoms with E-state index in [0.717, 1.165) is 17.6 Å². The molecule has 0 aliphatic rings. The fourth-order valence-corrected chi connectivity index (χ4v) is 2.88. The number of hydrogen-bond donors (Lipinski definition) is 1. The molecular weight excluding hydrogens is 482 g/mol. The van der Waals surface area contributed by atoms with Gasteiger partial charge >= 0.3 is 6.18 Å². The monoisotopic (exact) mass is 509 g/mol. The molecule has 0 bridgehead atoms. The second-order valence-electron chi connectivity index (χ2n) is 6.67. The van der Waals surface area contributed by atoms with E-state index in [1.807, 2.05) is 32.1 Å². The lowest BCUT2D eigenvalue weighted by molar-refractivity contribution is -0.137. The van der Waals surface area contributed by atoms with Crippen LogP contribution < -0.4 is 5.32 Å². The second kappa shape index (κ2) is 10.7. The van der Waals surface area contributed by atoms with Crippen molar-refractivity contribution >= 4 is 29.9 Å². The first-order chi connectivity index (χ1) is 12.7. The number of aliphatic imine (C=N–C) groups is 1. The third-order valence-corrected chi connectivity index (χ3v) is 4.39. The molecule has 0 saturated heterocycles. The summed E-state index contributed by atoms with van der Waals surface area (Å²) in [5.41, 5.74) is 1.15. The summed E-state index contributed by atoms with van der Waals surface area (Å²) in [7, 11) is 5.50. The minimum absolute atomic E-state index is 0. The summed E-state index contributed by atoms with van der Waals surface area (Å²) in [5.74, 6) is 0.733. The molecule has 1 N–H and O–H groups in total. The highest BCUT2D eigenvalue weighted by molar-refractivity contribution is 14.0. The quantitative estimate of drug-likeness (QED) is 0.360. The first-order valence-corrected chi connectivity index (χ1v) is 8.77. The number of nitrogens with zero attached hydrogens (tertiary/aromatic N) is 4. The van der Waals surface area contributed by atoms with Gasteiger partial charge in [0.1, 0.15) is 0 Å². The lowest BCUT2D eigenvalue weighted by atomic mass is 9.96. The van der Waals surface area contributed by atoms with Crippen LogP contribution in [0.2, 0.25) is 0 Å². The molecule has 1 aromatic heterocycles. The lowest BCUT2D eigenvalue weighted by Crippen LogP contribution is -2.39. The minimum atomic E-state index is -4.31. The molecule has 0 radical (unpaired) electrons. The van der Waals surface area contributed by atoms with Crippen LogP contribution in [-0.4, -0.2) is 41.3 Å². The van der Waals surface area contributed by atoms with Crippen LogP contribution >= 0.6 is 24.0 Å². The number of hydrogen-bond acceptors (Lipinski definition) is 2. The van der Waals surface area contributed by atoms with Gasteiger partial charge in [-0.25, -0.2) is 0 Å². The van der Waals surface area contributed by atoms with Crippen LogP contribution in [0.1, 0.15) is 36.0 Å². The molecule has 1 unspecified atom stereocenters. The third-order valence-electron chi connectivity index (χ3n) is 4.39. The highest BCUT2D eigenvalue weighted by Crippen LogP contribution is 2.31. The molecule has 9 heteroatoms. The zero-order valence-electron chi connectivity index (χ0n) is 16.5. The third kappa shape index (κ3) is 6.99. The summed E-state index contributed by atoms with van der Waals surface area (Å²) >= 11 is 0. The van der Waals surface area contributed by atoms with E-state index < -0.39 is 11.7 Å². The molecule has 0 amide bonds. The smallest absolute Gasteiger partial charge is 0.356 e. The van der Waals surface area contributed by atoms with Crippen molar-refractivity contribution in [1.82, 2.24) is 20.0 Å². The van der Waals surface area contributed by atoms with Gasteiger partial charge in [-0.2, -0.15) is 18.3 Å². The predicted molar refractivity (Wildman–Crippen MR) is 116 cm³/mol. The van der Waals surface area contributed by atoms with E-state index >= 15 is 0 Å². The van der Waals surface area contributed by atoms with E-state index in [-0.39, 0.29) is 29.9 Å². The number of aryl methyl sites for hydroxylation is 1. The summed E-state index contributed by atoms with van der Waals surface area (Å²) < 4.78 is 40.3. The van der Waals surface area contributed by atoms with Crippen molar-refractivity contribution in [2.24, 2.45) is 12.0 Å². The van der Waals surface area contributed by atoms with Gasteiger partial charge in [0.15, 0.2) is 5.96 Å². The Labute approximate surface area is 181 Å². The average Bonchev–Trinajstić information content (AvgIpc) is 3.02. The highest BCUT2D eigenvalue weighted by atomic mass is 127. The molecule has 1 atom stereocenters. The highest BCUT2D eigenvalue weighted by Gasteiger charge is 2.30. The molecule has 0 fully saturated rings. The first kappa shape index (κ1) is 24.3. The molecule has 1 aromatic carbocycles. The summed E-state index contributed by atoms with van der Waals surface area (Å²) in [4.78, 5) is 6.24. The van der Waals surface area contributed by atoms with Crippen LogP contribution in [0, 0.1) is 0 Å². The standard InChI is InChI=1S/C19H26F3N5.HI/c1-14(16-6-5-7-17(10-16)19(20,21)22)8-9-24-18(23-2)26(3)12-15-11-25-27(4)13-15;/h5-7,10-11,13-14H,8-9,12H2,1-4H3,(H,23,24);1H. The SMILES string of the molecule is CN=C(NCCC(C)c1cccc(C(F)(F)F)c1)N(C)Cc1cnn(C)c1.I. The zero-order valence-corrected chi connectivity index (χ0v) is 18.8. The molecule has 0 aliphatic carbocycles. The van der Waals surface area contributed by atoms with E-state index in [1.54, 1.807) is 24.0 Å². The van der Waals surface area contributed by atoms with Crippen molar-refractivity contribution in [3.05, 3.63) is 53.3 Å². The van der Waals surface area contributed by atoms with Gasteiger partial charge in [-0.05, 0) is 24.0 Å². The first-order valence-electron chi connectivity index (χ1n) is 8.77. The molecule has 28 heavy (non-hydrogen) atoms. The van der Waals surface area contributed by atoms with Gasteiger partial charge in [-0.3, -0.25) is 9.67 Å². The Kier molecular flexibility index (Phi) is 9.25. The van der Waals surface area contributed by atoms with Gasteiger partial charge in [-0.15, -0.1) is 24.0 Å². The summed E-state index contributed by atoms with van der Waals surface area (Å²) in [5, 5.41) is 7.42. The lowest BCUT2D eigenvalue weighted by Gasteiger charge is -2.22. The number of aromatic nitrogens is 2. The van der Waals surface area contributed by atoms with Crippen LogP contribution in [-0.2, 0) is 19.8 Å². The van der Waals surface area contributed by atoms with Gasteiger partial charge in [0, 0.05) is 46.0 Å². The van der Waals surface area contributed by atoms with E-state index in [2.05, 4.69) is 15.4 Å². The van der Waals surface area contributed by atoms with Crippen molar-refractivity contribution in [3.63, 3.8) is 0 Å². The molecule has 5 nitrogen and oxygen atoms in total. The molecule has 0 saturated carbocycles. The molecule has 0 aliphatic heterocycles. The number of nitrogens with one attached hydrogen (secondary N) is 1. The molecule has 2 rings (SSSR count). The Morgan fingerprint density at radius 1 is 1.36 bits per heavy atom. The van der Waals surface area contributed by atoms with E-state index in [9.17, 15) is 13.2 Å². The average molecular weight is 509 g/mol. The number of alkyl halides is 3. The van der Waals surface area contributed by atoms with Crippen molar-refractivity contribution < 1.29 is 13.2 Å². The summed E-state index contributed by atoms with van der Waals surface area (Å²) in [6.07, 6.45) is 0.130. The minimum Gasteiger partial charge on any atom is -0.356 e. The molecular formula is C19H27F3IN5. The molecule has 156 valence electrons. The predicted octanol–water partition coefficient (Wildman–Crippen LogP) is 4.26. The van der Waals surface area contributed by atoms with E-state index in [1.165, 1.54) is 12.1 Å². The summed E-state index contributed by atoms with van der Waals surface area (Å²) in [6, 6.07) is 5.53. The normalized spacial score (nSPS) is 13.0. The van der Waals surface area contributed by atoms with Crippen molar-refractivity contribution in [2.45, 2.75) is 32.0 Å². The Balaban J connectivity index is 0.00000392. The van der Waals surface area contributed by atoms with Gasteiger partial charge in [0.05, 0.1) is 11.8 Å². The number of guanidine groups is 1. The van der Waals surface area contributed by atoms with Crippen LogP contribution in [0.4, 0.5) is 13.2 Å². The van der Waals surface area contributed by atoms with Gasteiger partial charge < -0.3 is 10.2 Å². The largest absolute Gasteiger partial charge is 0.416 e. The van der Waals surface area contributed by atoms with Crippen LogP contribution in [0.15, 0.2) is 41.7 Å². The number of halogens is 4. The van der Waals surface area contributed by atoms with Crippen LogP contribution in [0.5, 0.6) is 0 Å². The summed E-state index contributed by atoms with van der Waals surface area (Å²) in [6.45, 7) is 3.21. The van der Waals surface area contributed by atoms with E-state index in [4.69, 9.17) is 0 Å². The topological polar surface area (TPSA) is 45.5 Å².